The predicted octanol–water partition coefficient (Wildman–Crippen LogP) is 2.59. The number of nitrogen functional groups attached to an aromatic ring is 1. The van der Waals surface area contributed by atoms with Gasteiger partial charge in [-0.1, -0.05) is 6.07 Å². The van der Waals surface area contributed by atoms with Crippen LogP contribution in [0.15, 0.2) is 77.7 Å². The third-order valence-electron chi connectivity index (χ3n) is 5.39. The average molecular weight is 519 g/mol. The molecule has 1 unspecified atom stereocenters. The minimum Gasteiger partial charge on any atom is -0.452 e. The molecule has 4 rings (SSSR count). The Kier molecular flexibility index (Phi) is 7.54. The lowest BCUT2D eigenvalue weighted by Crippen LogP contribution is -2.31. The van der Waals surface area contributed by atoms with Gasteiger partial charge in [0, 0.05) is 28.3 Å². The third-order valence-corrected chi connectivity index (χ3v) is 6.57. The van der Waals surface area contributed by atoms with Crippen molar-refractivity contribution in [2.75, 3.05) is 22.6 Å². The molecule has 1 saturated heterocycles. The van der Waals surface area contributed by atoms with Crippen LogP contribution >= 0.6 is 11.8 Å². The van der Waals surface area contributed by atoms with Crippen molar-refractivity contribution in [1.82, 2.24) is 0 Å². The molecule has 5 N–H and O–H groups in total. The van der Waals surface area contributed by atoms with Gasteiger partial charge in [-0.05, 0) is 66.7 Å². The van der Waals surface area contributed by atoms with E-state index < -0.39 is 29.6 Å². The minimum atomic E-state index is -0.750. The first kappa shape index (κ1) is 25.5. The molecule has 1 fully saturated rings. The Morgan fingerprint density at radius 3 is 2.30 bits per heavy atom. The number of imide groups is 1. The van der Waals surface area contributed by atoms with Gasteiger partial charge in [0.15, 0.2) is 6.61 Å². The lowest BCUT2D eigenvalue weighted by atomic mass is 10.2. The second kappa shape index (κ2) is 11.0. The maximum absolute atomic E-state index is 12.9. The number of esters is 1. The molecular formula is C26H22N4O6S. The molecule has 0 radical (unpaired) electrons. The number of benzene rings is 3. The molecule has 10 nitrogen and oxygen atoms in total. The summed E-state index contributed by atoms with van der Waals surface area (Å²) in [6.45, 7) is -0.538. The van der Waals surface area contributed by atoms with Gasteiger partial charge in [0.05, 0.1) is 16.5 Å². The highest BCUT2D eigenvalue weighted by Gasteiger charge is 2.40. The van der Waals surface area contributed by atoms with Gasteiger partial charge in [0.1, 0.15) is 0 Å². The number of carbonyl (C=O) groups excluding carboxylic acids is 5. The zero-order valence-corrected chi connectivity index (χ0v) is 20.2. The fourth-order valence-corrected chi connectivity index (χ4v) is 4.72. The summed E-state index contributed by atoms with van der Waals surface area (Å²) >= 11 is 1.27. The number of ether oxygens (including phenoxy) is 1. The Morgan fingerprint density at radius 2 is 1.65 bits per heavy atom. The van der Waals surface area contributed by atoms with E-state index in [0.717, 1.165) is 9.80 Å². The SMILES string of the molecule is NC(=O)c1ccc(NC(=O)COC(=O)c2ccc(N3C(=O)CC(Sc4cccc(N)c4)C3=O)cc2)cc1. The van der Waals surface area contributed by atoms with Crippen molar-refractivity contribution >= 4 is 58.4 Å². The zero-order chi connectivity index (χ0) is 26.5. The first-order valence-electron chi connectivity index (χ1n) is 11.1. The number of carbonyl (C=O) groups is 5. The largest absolute Gasteiger partial charge is 0.452 e. The summed E-state index contributed by atoms with van der Waals surface area (Å²) in [7, 11) is 0. The summed E-state index contributed by atoms with van der Waals surface area (Å²) in [5.41, 5.74) is 12.7. The van der Waals surface area contributed by atoms with Crippen LogP contribution in [0.3, 0.4) is 0 Å². The molecule has 1 heterocycles. The van der Waals surface area contributed by atoms with Gasteiger partial charge >= 0.3 is 5.97 Å². The fourth-order valence-electron chi connectivity index (χ4n) is 3.60. The highest BCUT2D eigenvalue weighted by molar-refractivity contribution is 8.00. The van der Waals surface area contributed by atoms with Gasteiger partial charge in [0.25, 0.3) is 5.91 Å². The van der Waals surface area contributed by atoms with Crippen LogP contribution in [0.2, 0.25) is 0 Å². The monoisotopic (exact) mass is 518 g/mol. The van der Waals surface area contributed by atoms with Crippen LogP contribution in [-0.4, -0.2) is 41.5 Å². The number of hydrogen-bond acceptors (Lipinski definition) is 8. The number of amides is 4. The Balaban J connectivity index is 1.32. The second-order valence-electron chi connectivity index (χ2n) is 8.06. The van der Waals surface area contributed by atoms with Gasteiger partial charge in [0.2, 0.25) is 17.7 Å². The number of nitrogens with one attached hydrogen (secondary N) is 1. The van der Waals surface area contributed by atoms with Crippen molar-refractivity contribution < 1.29 is 28.7 Å². The first-order chi connectivity index (χ1) is 17.7. The second-order valence-corrected chi connectivity index (χ2v) is 9.34. The molecule has 1 aliphatic heterocycles. The summed E-state index contributed by atoms with van der Waals surface area (Å²) in [6.07, 6.45) is 0.0441. The Morgan fingerprint density at radius 1 is 0.973 bits per heavy atom. The van der Waals surface area contributed by atoms with Crippen molar-refractivity contribution in [3.63, 3.8) is 0 Å². The van der Waals surface area contributed by atoms with Gasteiger partial charge < -0.3 is 21.5 Å². The molecule has 188 valence electrons. The number of hydrogen-bond donors (Lipinski definition) is 3. The molecule has 3 aromatic rings. The quantitative estimate of drug-likeness (QED) is 0.233. The van der Waals surface area contributed by atoms with Crippen LogP contribution in [0.1, 0.15) is 27.1 Å². The highest BCUT2D eigenvalue weighted by Crippen LogP contribution is 2.34. The molecule has 0 spiro atoms. The van der Waals surface area contributed by atoms with Gasteiger partial charge in [-0.25, -0.2) is 9.69 Å². The van der Waals surface area contributed by atoms with Crippen molar-refractivity contribution in [2.24, 2.45) is 5.73 Å². The van der Waals surface area contributed by atoms with Gasteiger partial charge in [-0.3, -0.25) is 19.2 Å². The van der Waals surface area contributed by atoms with E-state index in [1.807, 2.05) is 6.07 Å². The molecule has 0 aromatic heterocycles. The van der Waals surface area contributed by atoms with Crippen molar-refractivity contribution in [3.8, 4) is 0 Å². The molecule has 0 saturated carbocycles. The van der Waals surface area contributed by atoms with Crippen LogP contribution < -0.4 is 21.7 Å². The normalized spacial score (nSPS) is 14.9. The standard InChI is InChI=1S/C26H22N4O6S/c27-17-2-1-3-20(12-17)37-21-13-23(32)30(25(21)34)19-10-6-16(7-11-19)26(35)36-14-22(31)29-18-8-4-15(5-9-18)24(28)33/h1-12,21H,13-14,27H2,(H2,28,33)(H,29,31). The van der Waals surface area contributed by atoms with Crippen LogP contribution in [-0.2, 0) is 19.1 Å². The highest BCUT2D eigenvalue weighted by atomic mass is 32.2. The number of nitrogens with two attached hydrogens (primary N) is 2. The molecule has 11 heteroatoms. The zero-order valence-electron chi connectivity index (χ0n) is 19.4. The van der Waals surface area contributed by atoms with Crippen molar-refractivity contribution in [1.29, 1.82) is 0 Å². The summed E-state index contributed by atoms with van der Waals surface area (Å²) in [4.78, 5) is 62.9. The van der Waals surface area contributed by atoms with E-state index in [1.165, 1.54) is 60.3 Å². The molecule has 0 bridgehead atoms. The lowest BCUT2D eigenvalue weighted by molar-refractivity contribution is -0.121. The lowest BCUT2D eigenvalue weighted by Gasteiger charge is -2.15. The van der Waals surface area contributed by atoms with Crippen LogP contribution in [0, 0.1) is 0 Å². The number of anilines is 3. The summed E-state index contributed by atoms with van der Waals surface area (Å²) < 4.78 is 5.04. The van der Waals surface area contributed by atoms with E-state index in [9.17, 15) is 24.0 Å². The fraction of sp³-hybridized carbons (Fsp3) is 0.115. The number of nitrogens with zero attached hydrogens (tertiary/aromatic N) is 1. The number of primary amides is 1. The van der Waals surface area contributed by atoms with Crippen LogP contribution in [0.25, 0.3) is 0 Å². The first-order valence-corrected chi connectivity index (χ1v) is 11.9. The predicted molar refractivity (Wildman–Crippen MR) is 138 cm³/mol. The molecule has 37 heavy (non-hydrogen) atoms. The minimum absolute atomic E-state index is 0.0441. The Hall–Kier alpha value is -4.64. The van der Waals surface area contributed by atoms with E-state index >= 15 is 0 Å². The van der Waals surface area contributed by atoms with E-state index in [0.29, 0.717) is 22.6 Å². The Bertz CT molecular complexity index is 1370. The maximum atomic E-state index is 12.9. The molecular weight excluding hydrogens is 496 g/mol. The van der Waals surface area contributed by atoms with Crippen LogP contribution in [0.5, 0.6) is 0 Å². The summed E-state index contributed by atoms with van der Waals surface area (Å²) in [5.74, 6) is -2.61. The van der Waals surface area contributed by atoms with E-state index in [1.54, 1.807) is 18.2 Å². The van der Waals surface area contributed by atoms with Gasteiger partial charge in [-0.15, -0.1) is 11.8 Å². The van der Waals surface area contributed by atoms with E-state index in [-0.39, 0.29) is 23.8 Å². The average Bonchev–Trinajstić information content (AvgIpc) is 3.15. The van der Waals surface area contributed by atoms with E-state index in [2.05, 4.69) is 5.32 Å². The third kappa shape index (κ3) is 6.14. The van der Waals surface area contributed by atoms with Crippen molar-refractivity contribution in [3.05, 3.63) is 83.9 Å². The van der Waals surface area contributed by atoms with E-state index in [4.69, 9.17) is 16.2 Å². The summed E-state index contributed by atoms with van der Waals surface area (Å²) in [5, 5.41) is 1.96. The smallest absolute Gasteiger partial charge is 0.338 e. The summed E-state index contributed by atoms with van der Waals surface area (Å²) in [6, 6.07) is 18.8. The number of thioether (sulfide) groups is 1. The Labute approximate surface area is 215 Å². The molecule has 3 aromatic carbocycles. The van der Waals surface area contributed by atoms with Crippen LogP contribution in [0.4, 0.5) is 17.1 Å². The van der Waals surface area contributed by atoms with Crippen molar-refractivity contribution in [2.45, 2.75) is 16.6 Å². The maximum Gasteiger partial charge on any atom is 0.338 e. The molecule has 1 aliphatic rings. The number of rotatable bonds is 8. The molecule has 0 aliphatic carbocycles. The molecule has 1 atom stereocenters. The topological polar surface area (TPSA) is 162 Å². The molecule has 4 amide bonds. The van der Waals surface area contributed by atoms with Gasteiger partial charge in [-0.2, -0.15) is 0 Å².